The highest BCUT2D eigenvalue weighted by molar-refractivity contribution is 14.0. The van der Waals surface area contributed by atoms with Gasteiger partial charge in [0.2, 0.25) is 0 Å². The smallest absolute Gasteiger partial charge is 0.252 e. The predicted octanol–water partition coefficient (Wildman–Crippen LogP) is 0.824. The third-order valence-electron chi connectivity index (χ3n) is 3.54. The molecule has 1 aromatic rings. The van der Waals surface area contributed by atoms with E-state index < -0.39 is 10.0 Å². The van der Waals surface area contributed by atoms with Crippen LogP contribution in [-0.2, 0) is 21.3 Å². The molecule has 1 atom stereocenters. The van der Waals surface area contributed by atoms with Crippen molar-refractivity contribution in [3.63, 3.8) is 0 Å². The second kappa shape index (κ2) is 8.10. The van der Waals surface area contributed by atoms with E-state index in [0.29, 0.717) is 43.1 Å². The van der Waals surface area contributed by atoms with Crippen molar-refractivity contribution < 1.29 is 13.2 Å². The van der Waals surface area contributed by atoms with Crippen molar-refractivity contribution in [2.24, 2.45) is 4.99 Å². The lowest BCUT2D eigenvalue weighted by atomic mass is 10.4. The number of guanidine groups is 1. The van der Waals surface area contributed by atoms with Gasteiger partial charge >= 0.3 is 0 Å². The molecule has 0 radical (unpaired) electrons. The van der Waals surface area contributed by atoms with Crippen molar-refractivity contribution in [2.45, 2.75) is 23.7 Å². The van der Waals surface area contributed by atoms with Crippen LogP contribution in [-0.4, -0.2) is 57.6 Å². The number of hydrogen-bond donors (Lipinski definition) is 2. The summed E-state index contributed by atoms with van der Waals surface area (Å²) in [5.74, 6) is 0.776. The standard InChI is InChI=1S/C13H20N4O3S2.HI/c1-10-8-14-13(16-10)15-9-11-2-3-12(21-11)22(18,19)17-4-6-20-7-5-17;/h2-3,10H,4-9H2,1H3,(H2,14,15,16);1H. The number of aliphatic imine (C=N–C) groups is 1. The molecule has 1 aromatic heterocycles. The number of rotatable bonds is 4. The molecule has 130 valence electrons. The van der Waals surface area contributed by atoms with E-state index in [2.05, 4.69) is 22.5 Å². The molecule has 0 amide bonds. The molecule has 23 heavy (non-hydrogen) atoms. The van der Waals surface area contributed by atoms with Crippen LogP contribution in [0.25, 0.3) is 0 Å². The van der Waals surface area contributed by atoms with Gasteiger partial charge in [0.25, 0.3) is 10.0 Å². The zero-order chi connectivity index (χ0) is 15.6. The number of hydrogen-bond acceptors (Lipinski definition) is 7. The zero-order valence-corrected chi connectivity index (χ0v) is 16.8. The molecule has 0 aliphatic carbocycles. The Labute approximate surface area is 157 Å². The van der Waals surface area contributed by atoms with Crippen LogP contribution < -0.4 is 10.6 Å². The van der Waals surface area contributed by atoms with E-state index >= 15 is 0 Å². The normalized spacial score (nSPS) is 22.1. The summed E-state index contributed by atoms with van der Waals surface area (Å²) in [7, 11) is -3.39. The highest BCUT2D eigenvalue weighted by Crippen LogP contribution is 2.25. The minimum absolute atomic E-state index is 0. The molecular weight excluding hydrogens is 451 g/mol. The van der Waals surface area contributed by atoms with Crippen LogP contribution >= 0.6 is 35.3 Å². The summed E-state index contributed by atoms with van der Waals surface area (Å²) in [6, 6.07) is 3.88. The molecule has 1 fully saturated rings. The van der Waals surface area contributed by atoms with Crippen LogP contribution in [0.15, 0.2) is 21.3 Å². The fourth-order valence-corrected chi connectivity index (χ4v) is 5.19. The summed E-state index contributed by atoms with van der Waals surface area (Å²) in [4.78, 5) is 5.29. The van der Waals surface area contributed by atoms with Crippen LogP contribution in [0.2, 0.25) is 0 Å². The van der Waals surface area contributed by atoms with Crippen LogP contribution in [0.1, 0.15) is 11.8 Å². The Kier molecular flexibility index (Phi) is 6.66. The van der Waals surface area contributed by atoms with E-state index in [1.165, 1.54) is 15.6 Å². The molecule has 1 saturated heterocycles. The lowest BCUT2D eigenvalue weighted by molar-refractivity contribution is 0.0731. The predicted molar refractivity (Wildman–Crippen MR) is 101 cm³/mol. The zero-order valence-electron chi connectivity index (χ0n) is 12.8. The molecule has 1 unspecified atom stereocenters. The van der Waals surface area contributed by atoms with Gasteiger partial charge in [0.15, 0.2) is 5.96 Å². The summed E-state index contributed by atoms with van der Waals surface area (Å²) in [6.45, 7) is 5.17. The van der Waals surface area contributed by atoms with E-state index in [-0.39, 0.29) is 24.0 Å². The third-order valence-corrected chi connectivity index (χ3v) is 6.99. The number of nitrogens with one attached hydrogen (secondary N) is 2. The lowest BCUT2D eigenvalue weighted by Crippen LogP contribution is -2.40. The fraction of sp³-hybridized carbons (Fsp3) is 0.615. The van der Waals surface area contributed by atoms with Gasteiger partial charge in [0.05, 0.1) is 26.3 Å². The van der Waals surface area contributed by atoms with Gasteiger partial charge < -0.3 is 15.4 Å². The maximum absolute atomic E-state index is 12.5. The molecule has 3 rings (SSSR count). The maximum atomic E-state index is 12.5. The van der Waals surface area contributed by atoms with Gasteiger partial charge in [-0.3, -0.25) is 4.99 Å². The number of morpholine rings is 1. The second-order valence-electron chi connectivity index (χ2n) is 5.33. The molecule has 3 heterocycles. The summed E-state index contributed by atoms with van der Waals surface area (Å²) >= 11 is 1.30. The van der Waals surface area contributed by atoms with E-state index in [4.69, 9.17) is 4.74 Å². The van der Waals surface area contributed by atoms with Crippen LogP contribution in [0.3, 0.4) is 0 Å². The molecule has 0 saturated carbocycles. The first-order chi connectivity index (χ1) is 10.6. The van der Waals surface area contributed by atoms with Gasteiger partial charge in [-0.1, -0.05) is 0 Å². The van der Waals surface area contributed by atoms with Gasteiger partial charge in [-0.05, 0) is 19.1 Å². The van der Waals surface area contributed by atoms with Crippen molar-refractivity contribution in [3.8, 4) is 0 Å². The summed E-state index contributed by atoms with van der Waals surface area (Å²) in [5, 5.41) is 6.41. The molecular formula is C13H21IN4O3S2. The molecule has 2 aliphatic heterocycles. The first-order valence-corrected chi connectivity index (χ1v) is 9.53. The number of ether oxygens (including phenoxy) is 1. The average molecular weight is 472 g/mol. The molecule has 7 nitrogen and oxygen atoms in total. The Hall–Kier alpha value is -0.430. The minimum atomic E-state index is -3.39. The Morgan fingerprint density at radius 2 is 2.17 bits per heavy atom. The van der Waals surface area contributed by atoms with Crippen molar-refractivity contribution in [3.05, 3.63) is 17.0 Å². The topological polar surface area (TPSA) is 83.0 Å². The molecule has 10 heteroatoms. The maximum Gasteiger partial charge on any atom is 0.252 e. The molecule has 2 aliphatic rings. The van der Waals surface area contributed by atoms with Crippen LogP contribution in [0.4, 0.5) is 0 Å². The number of thiophene rings is 1. The van der Waals surface area contributed by atoms with Gasteiger partial charge in [0.1, 0.15) is 4.21 Å². The number of halogens is 1. The average Bonchev–Trinajstić information content (AvgIpc) is 3.15. The van der Waals surface area contributed by atoms with Crippen molar-refractivity contribution in [1.82, 2.24) is 14.9 Å². The van der Waals surface area contributed by atoms with Gasteiger partial charge in [-0.15, -0.1) is 35.3 Å². The minimum Gasteiger partial charge on any atom is -0.379 e. The lowest BCUT2D eigenvalue weighted by Gasteiger charge is -2.25. The number of nitrogens with zero attached hydrogens (tertiary/aromatic N) is 2. The quantitative estimate of drug-likeness (QED) is 0.635. The Balaban J connectivity index is 0.00000192. The molecule has 2 N–H and O–H groups in total. The summed E-state index contributed by atoms with van der Waals surface area (Å²) in [6.07, 6.45) is 0. The monoisotopic (exact) mass is 472 g/mol. The third kappa shape index (κ3) is 4.56. The largest absolute Gasteiger partial charge is 0.379 e. The van der Waals surface area contributed by atoms with Gasteiger partial charge in [-0.2, -0.15) is 4.31 Å². The fourth-order valence-electron chi connectivity index (χ4n) is 2.34. The van der Waals surface area contributed by atoms with E-state index in [1.807, 2.05) is 6.07 Å². The van der Waals surface area contributed by atoms with Gasteiger partial charge in [0, 0.05) is 24.0 Å². The Morgan fingerprint density at radius 3 is 2.83 bits per heavy atom. The molecule has 0 bridgehead atoms. The highest BCUT2D eigenvalue weighted by atomic mass is 127. The molecule has 0 spiro atoms. The SMILES string of the molecule is CC1CN=C(NCc2ccc(S(=O)(=O)N3CCOCC3)s2)N1.I. The van der Waals surface area contributed by atoms with Crippen molar-refractivity contribution >= 4 is 51.3 Å². The first-order valence-electron chi connectivity index (χ1n) is 7.27. The van der Waals surface area contributed by atoms with Crippen molar-refractivity contribution in [2.75, 3.05) is 32.8 Å². The first kappa shape index (κ1) is 18.9. The van der Waals surface area contributed by atoms with Crippen LogP contribution in [0.5, 0.6) is 0 Å². The Morgan fingerprint density at radius 1 is 1.43 bits per heavy atom. The highest BCUT2D eigenvalue weighted by Gasteiger charge is 2.27. The van der Waals surface area contributed by atoms with Crippen LogP contribution in [0, 0.1) is 0 Å². The summed E-state index contributed by atoms with van der Waals surface area (Å²) < 4.78 is 32.1. The van der Waals surface area contributed by atoms with Gasteiger partial charge in [-0.25, -0.2) is 8.42 Å². The Bertz CT molecular complexity index is 656. The van der Waals surface area contributed by atoms with Crippen molar-refractivity contribution in [1.29, 1.82) is 0 Å². The second-order valence-corrected chi connectivity index (χ2v) is 8.66. The summed E-state index contributed by atoms with van der Waals surface area (Å²) in [5.41, 5.74) is 0. The number of sulfonamides is 1. The van der Waals surface area contributed by atoms with E-state index in [9.17, 15) is 8.42 Å². The molecule has 0 aromatic carbocycles. The van der Waals surface area contributed by atoms with E-state index in [0.717, 1.165) is 17.4 Å². The van der Waals surface area contributed by atoms with E-state index in [1.54, 1.807) is 6.07 Å².